The van der Waals surface area contributed by atoms with Gasteiger partial charge in [0.25, 0.3) is 0 Å². The zero-order chi connectivity index (χ0) is 25.5. The van der Waals surface area contributed by atoms with E-state index in [1.54, 1.807) is 0 Å². The topological polar surface area (TPSA) is 26.3 Å². The minimum atomic E-state index is 0.0184. The molecule has 0 rings (SSSR count). The van der Waals surface area contributed by atoms with Gasteiger partial charge in [-0.05, 0) is 38.5 Å². The predicted molar refractivity (Wildman–Crippen MR) is 156 cm³/mol. The van der Waals surface area contributed by atoms with E-state index < -0.39 is 0 Å². The molecular formula is C33H64O2. The predicted octanol–water partition coefficient (Wildman–Crippen LogP) is 11.7. The Hall–Kier alpha value is -0.790. The van der Waals surface area contributed by atoms with Crippen LogP contribution in [0.1, 0.15) is 187 Å². The van der Waals surface area contributed by atoms with Gasteiger partial charge in [-0.1, -0.05) is 154 Å². The van der Waals surface area contributed by atoms with E-state index >= 15 is 0 Å². The van der Waals surface area contributed by atoms with Gasteiger partial charge in [0.15, 0.2) is 0 Å². The second kappa shape index (κ2) is 31.2. The molecule has 0 heterocycles. The number of unbranched alkanes of at least 4 members (excludes halogenated alkanes) is 23. The Labute approximate surface area is 221 Å². The molecule has 0 unspecified atom stereocenters. The van der Waals surface area contributed by atoms with Gasteiger partial charge in [0.1, 0.15) is 0 Å². The minimum absolute atomic E-state index is 0.0184. The first kappa shape index (κ1) is 34.2. The van der Waals surface area contributed by atoms with Crippen molar-refractivity contribution in [1.82, 2.24) is 0 Å². The molecule has 0 aromatic carbocycles. The molecule has 2 heteroatoms. The second-order valence-electron chi connectivity index (χ2n) is 10.8. The summed E-state index contributed by atoms with van der Waals surface area (Å²) in [5.41, 5.74) is 0. The zero-order valence-corrected chi connectivity index (χ0v) is 24.3. The largest absolute Gasteiger partial charge is 0.466 e. The van der Waals surface area contributed by atoms with Gasteiger partial charge in [-0.15, -0.1) is 0 Å². The van der Waals surface area contributed by atoms with Gasteiger partial charge in [0, 0.05) is 6.42 Å². The molecule has 2 nitrogen and oxygen atoms in total. The van der Waals surface area contributed by atoms with Crippen molar-refractivity contribution < 1.29 is 9.53 Å². The van der Waals surface area contributed by atoms with Crippen LogP contribution in [0.5, 0.6) is 0 Å². The van der Waals surface area contributed by atoms with Gasteiger partial charge in [-0.2, -0.15) is 0 Å². The van der Waals surface area contributed by atoms with Gasteiger partial charge >= 0.3 is 5.97 Å². The zero-order valence-electron chi connectivity index (χ0n) is 24.3. The van der Waals surface area contributed by atoms with Crippen LogP contribution in [0.15, 0.2) is 12.2 Å². The van der Waals surface area contributed by atoms with Crippen molar-refractivity contribution in [3.05, 3.63) is 12.2 Å². The Morgan fingerprint density at radius 2 is 0.800 bits per heavy atom. The third-order valence-corrected chi connectivity index (χ3v) is 7.15. The molecule has 0 amide bonds. The number of esters is 1. The molecule has 0 aliphatic rings. The highest BCUT2D eigenvalue weighted by Gasteiger charge is 2.02. The molecule has 0 N–H and O–H groups in total. The van der Waals surface area contributed by atoms with Crippen LogP contribution in [0.3, 0.4) is 0 Å². The van der Waals surface area contributed by atoms with Crippen molar-refractivity contribution in [2.45, 2.75) is 187 Å². The highest BCUT2D eigenvalue weighted by molar-refractivity contribution is 5.69. The van der Waals surface area contributed by atoms with E-state index in [1.165, 1.54) is 154 Å². The summed E-state index contributed by atoms with van der Waals surface area (Å²) in [5, 5.41) is 0. The summed E-state index contributed by atoms with van der Waals surface area (Å²) in [6, 6.07) is 0. The maximum atomic E-state index is 11.9. The lowest BCUT2D eigenvalue weighted by Gasteiger charge is -2.05. The molecule has 0 atom stereocenters. The number of rotatable bonds is 29. The highest BCUT2D eigenvalue weighted by atomic mass is 16.5. The molecule has 0 aromatic rings. The van der Waals surface area contributed by atoms with Gasteiger partial charge in [0.2, 0.25) is 0 Å². The number of hydrogen-bond acceptors (Lipinski definition) is 2. The van der Waals surface area contributed by atoms with E-state index in [9.17, 15) is 4.79 Å². The summed E-state index contributed by atoms with van der Waals surface area (Å²) in [6.45, 7) is 5.18. The minimum Gasteiger partial charge on any atom is -0.466 e. The Balaban J connectivity index is 3.19. The van der Waals surface area contributed by atoms with Gasteiger partial charge in [-0.25, -0.2) is 0 Å². The fourth-order valence-electron chi connectivity index (χ4n) is 4.72. The Bertz CT molecular complexity index is 429. The maximum absolute atomic E-state index is 11.9. The molecule has 0 saturated heterocycles. The first-order valence-electron chi connectivity index (χ1n) is 16.1. The standard InChI is InChI=1S/C33H64O2/c1-3-5-7-9-11-13-15-16-17-18-19-20-21-23-25-27-29-31-33(34)35-32-30-28-26-24-22-14-12-10-8-6-4-2/h16-17H,3-15,18-32H2,1-2H3. The Kier molecular flexibility index (Phi) is 30.5. The van der Waals surface area contributed by atoms with E-state index in [0.717, 1.165) is 12.8 Å². The number of carbonyl (C=O) groups excluding carboxylic acids is 1. The monoisotopic (exact) mass is 492 g/mol. The van der Waals surface area contributed by atoms with Gasteiger partial charge < -0.3 is 4.74 Å². The van der Waals surface area contributed by atoms with E-state index in [1.807, 2.05) is 0 Å². The van der Waals surface area contributed by atoms with Crippen molar-refractivity contribution in [2.24, 2.45) is 0 Å². The summed E-state index contributed by atoms with van der Waals surface area (Å²) >= 11 is 0. The third kappa shape index (κ3) is 31.2. The molecule has 0 bridgehead atoms. The molecular weight excluding hydrogens is 428 g/mol. The van der Waals surface area contributed by atoms with Crippen LogP contribution in [0, 0.1) is 0 Å². The Morgan fingerprint density at radius 3 is 1.23 bits per heavy atom. The SMILES string of the molecule is CCCCCCCCC=CCCCCCCCCCC(=O)OCCCCCCCCCCCCC. The number of hydrogen-bond donors (Lipinski definition) is 0. The molecule has 0 fully saturated rings. The van der Waals surface area contributed by atoms with Crippen LogP contribution in [0.25, 0.3) is 0 Å². The van der Waals surface area contributed by atoms with Crippen molar-refractivity contribution in [2.75, 3.05) is 6.61 Å². The van der Waals surface area contributed by atoms with Crippen molar-refractivity contribution in [3.8, 4) is 0 Å². The van der Waals surface area contributed by atoms with E-state index in [4.69, 9.17) is 4.74 Å². The van der Waals surface area contributed by atoms with Crippen molar-refractivity contribution >= 4 is 5.97 Å². The van der Waals surface area contributed by atoms with Crippen LogP contribution in [-0.4, -0.2) is 12.6 Å². The lowest BCUT2D eigenvalue weighted by Crippen LogP contribution is -2.05. The first-order valence-corrected chi connectivity index (χ1v) is 16.1. The molecule has 0 spiro atoms. The molecule has 0 aromatic heterocycles. The number of carbonyl (C=O) groups is 1. The molecule has 0 saturated carbocycles. The normalized spacial score (nSPS) is 11.5. The lowest BCUT2D eigenvalue weighted by molar-refractivity contribution is -0.143. The number of allylic oxidation sites excluding steroid dienone is 2. The summed E-state index contributed by atoms with van der Waals surface area (Å²) in [6.07, 6.45) is 39.7. The van der Waals surface area contributed by atoms with Crippen LogP contribution >= 0.6 is 0 Å². The summed E-state index contributed by atoms with van der Waals surface area (Å²) < 4.78 is 5.41. The molecule has 208 valence electrons. The fraction of sp³-hybridized carbons (Fsp3) is 0.909. The average molecular weight is 493 g/mol. The molecule has 35 heavy (non-hydrogen) atoms. The summed E-state index contributed by atoms with van der Waals surface area (Å²) in [5.74, 6) is 0.0184. The van der Waals surface area contributed by atoms with Gasteiger partial charge in [0.05, 0.1) is 6.61 Å². The molecule has 0 radical (unpaired) electrons. The highest BCUT2D eigenvalue weighted by Crippen LogP contribution is 2.13. The molecule has 0 aliphatic heterocycles. The van der Waals surface area contributed by atoms with E-state index in [0.29, 0.717) is 13.0 Å². The second-order valence-corrected chi connectivity index (χ2v) is 10.8. The van der Waals surface area contributed by atoms with Crippen LogP contribution in [0.2, 0.25) is 0 Å². The van der Waals surface area contributed by atoms with Crippen LogP contribution in [-0.2, 0) is 9.53 Å². The van der Waals surface area contributed by atoms with Crippen LogP contribution in [0.4, 0.5) is 0 Å². The molecule has 0 aliphatic carbocycles. The first-order chi connectivity index (χ1) is 17.3. The summed E-state index contributed by atoms with van der Waals surface area (Å²) in [7, 11) is 0. The third-order valence-electron chi connectivity index (χ3n) is 7.15. The lowest BCUT2D eigenvalue weighted by atomic mass is 10.1. The van der Waals surface area contributed by atoms with Crippen molar-refractivity contribution in [1.29, 1.82) is 0 Å². The maximum Gasteiger partial charge on any atom is 0.305 e. The van der Waals surface area contributed by atoms with Crippen molar-refractivity contribution in [3.63, 3.8) is 0 Å². The van der Waals surface area contributed by atoms with Crippen LogP contribution < -0.4 is 0 Å². The van der Waals surface area contributed by atoms with E-state index in [2.05, 4.69) is 26.0 Å². The smallest absolute Gasteiger partial charge is 0.305 e. The number of ether oxygens (including phenoxy) is 1. The quantitative estimate of drug-likeness (QED) is 0.0589. The average Bonchev–Trinajstić information content (AvgIpc) is 2.86. The summed E-state index contributed by atoms with van der Waals surface area (Å²) in [4.78, 5) is 11.9. The van der Waals surface area contributed by atoms with E-state index in [-0.39, 0.29) is 5.97 Å². The Morgan fingerprint density at radius 1 is 0.457 bits per heavy atom. The van der Waals surface area contributed by atoms with Gasteiger partial charge in [-0.3, -0.25) is 4.79 Å². The fourth-order valence-corrected chi connectivity index (χ4v) is 4.72.